The Balaban J connectivity index is 1.28. The second kappa shape index (κ2) is 15.6. The topological polar surface area (TPSA) is 80.0 Å². The number of para-hydroxylation sites is 1. The summed E-state index contributed by atoms with van der Waals surface area (Å²) in [7, 11) is 0. The quantitative estimate of drug-likeness (QED) is 0.111. The molecule has 3 aromatic carbocycles. The molecule has 0 radical (unpaired) electrons. The molecule has 0 aliphatic carbocycles. The van der Waals surface area contributed by atoms with E-state index in [4.69, 9.17) is 24.0 Å². The summed E-state index contributed by atoms with van der Waals surface area (Å²) >= 11 is 0. The van der Waals surface area contributed by atoms with E-state index in [1.807, 2.05) is 31.2 Å². The number of hydrogen-bond acceptors (Lipinski definition) is 7. The molecule has 2 aromatic heterocycles. The Morgan fingerprint density at radius 2 is 1.69 bits per heavy atom. The molecule has 2 aliphatic heterocycles. The maximum Gasteiger partial charge on any atom is 0.355 e. The highest BCUT2D eigenvalue weighted by Crippen LogP contribution is 2.39. The third kappa shape index (κ3) is 6.98. The maximum atomic E-state index is 13.9. The predicted molar refractivity (Wildman–Crippen MR) is 192 cm³/mol. The van der Waals surface area contributed by atoms with Crippen LogP contribution in [0, 0.1) is 0 Å². The molecular formula is C40H48N4O5. The van der Waals surface area contributed by atoms with Crippen molar-refractivity contribution in [1.29, 1.82) is 0 Å². The Labute approximate surface area is 288 Å². The molecule has 7 rings (SSSR count). The Bertz CT molecular complexity index is 1900. The van der Waals surface area contributed by atoms with Gasteiger partial charge in [-0.3, -0.25) is 9.58 Å². The molecule has 0 N–H and O–H groups in total. The fraction of sp³-hybridized carbons (Fsp3) is 0.450. The van der Waals surface area contributed by atoms with Gasteiger partial charge in [-0.25, -0.2) is 4.79 Å². The number of aryl methyl sites for hydroxylation is 3. The van der Waals surface area contributed by atoms with Crippen LogP contribution in [0.2, 0.25) is 0 Å². The number of benzene rings is 3. The number of esters is 1. The maximum absolute atomic E-state index is 13.9. The number of carbonyl (C=O) groups excluding carboxylic acids is 1. The van der Waals surface area contributed by atoms with Crippen molar-refractivity contribution in [2.45, 2.75) is 65.6 Å². The van der Waals surface area contributed by atoms with E-state index in [0.29, 0.717) is 45.1 Å². The number of ether oxygens (including phenoxy) is 4. The minimum Gasteiger partial charge on any atom is -0.493 e. The normalized spacial score (nSPS) is 15.6. The molecular weight excluding hydrogens is 616 g/mol. The van der Waals surface area contributed by atoms with Crippen molar-refractivity contribution in [3.63, 3.8) is 0 Å². The van der Waals surface area contributed by atoms with Gasteiger partial charge in [0, 0.05) is 54.7 Å². The van der Waals surface area contributed by atoms with E-state index in [1.165, 1.54) is 0 Å². The van der Waals surface area contributed by atoms with Crippen molar-refractivity contribution < 1.29 is 23.7 Å². The van der Waals surface area contributed by atoms with Crippen molar-refractivity contribution in [1.82, 2.24) is 19.2 Å². The lowest BCUT2D eigenvalue weighted by atomic mass is 9.97. The summed E-state index contributed by atoms with van der Waals surface area (Å²) in [6.45, 7) is 11.9. The number of nitrogens with zero attached hydrogens (tertiary/aromatic N) is 4. The van der Waals surface area contributed by atoms with Crippen molar-refractivity contribution in [3.05, 3.63) is 83.3 Å². The number of carbonyl (C=O) groups is 1. The van der Waals surface area contributed by atoms with Crippen LogP contribution in [0.5, 0.6) is 5.75 Å². The average Bonchev–Trinajstić information content (AvgIpc) is 3.64. The Kier molecular flexibility index (Phi) is 10.6. The molecule has 0 saturated carbocycles. The summed E-state index contributed by atoms with van der Waals surface area (Å²) in [6, 6.07) is 21.0. The van der Waals surface area contributed by atoms with Gasteiger partial charge in [-0.2, -0.15) is 5.10 Å². The van der Waals surface area contributed by atoms with Gasteiger partial charge in [0.25, 0.3) is 0 Å². The van der Waals surface area contributed by atoms with Crippen LogP contribution in [-0.2, 0) is 46.7 Å². The SMILES string of the molecule is CCOC(=O)c1c(CCCOc2cccc3ccccc23)c2cccc3c2n1CCCCOCc1c-3c(CC)nn1CCN1CCOCC1. The highest BCUT2D eigenvalue weighted by atomic mass is 16.5. The largest absolute Gasteiger partial charge is 0.493 e. The molecule has 4 heterocycles. The lowest BCUT2D eigenvalue weighted by Gasteiger charge is -2.26. The monoisotopic (exact) mass is 664 g/mol. The first-order valence-electron chi connectivity index (χ1n) is 18.1. The fourth-order valence-corrected chi connectivity index (χ4v) is 7.49. The molecule has 5 aromatic rings. The molecule has 9 heteroatoms. The van der Waals surface area contributed by atoms with Crippen LogP contribution in [0.1, 0.15) is 60.5 Å². The number of morpholine rings is 1. The molecule has 1 saturated heterocycles. The van der Waals surface area contributed by atoms with Gasteiger partial charge in [-0.05, 0) is 56.0 Å². The zero-order valence-corrected chi connectivity index (χ0v) is 28.9. The summed E-state index contributed by atoms with van der Waals surface area (Å²) in [4.78, 5) is 16.3. The van der Waals surface area contributed by atoms with Gasteiger partial charge in [-0.1, -0.05) is 61.5 Å². The third-order valence-electron chi connectivity index (χ3n) is 9.86. The molecule has 0 unspecified atom stereocenters. The van der Waals surface area contributed by atoms with E-state index in [2.05, 4.69) is 57.5 Å². The fourth-order valence-electron chi connectivity index (χ4n) is 7.49. The summed E-state index contributed by atoms with van der Waals surface area (Å²) in [5.74, 6) is 0.619. The van der Waals surface area contributed by atoms with E-state index >= 15 is 0 Å². The van der Waals surface area contributed by atoms with Gasteiger partial charge in [-0.15, -0.1) is 0 Å². The van der Waals surface area contributed by atoms with Gasteiger partial charge in [0.2, 0.25) is 0 Å². The van der Waals surface area contributed by atoms with Crippen LogP contribution in [0.15, 0.2) is 60.7 Å². The first kappa shape index (κ1) is 33.3. The van der Waals surface area contributed by atoms with Gasteiger partial charge < -0.3 is 23.5 Å². The molecule has 258 valence electrons. The van der Waals surface area contributed by atoms with Crippen LogP contribution in [0.25, 0.3) is 32.8 Å². The lowest BCUT2D eigenvalue weighted by molar-refractivity contribution is 0.0354. The molecule has 0 amide bonds. The van der Waals surface area contributed by atoms with E-state index in [1.54, 1.807) is 0 Å². The number of aromatic nitrogens is 3. The van der Waals surface area contributed by atoms with E-state index in [9.17, 15) is 4.79 Å². The summed E-state index contributed by atoms with van der Waals surface area (Å²) in [5, 5.41) is 8.56. The van der Waals surface area contributed by atoms with Gasteiger partial charge in [0.05, 0.1) is 56.5 Å². The molecule has 49 heavy (non-hydrogen) atoms. The van der Waals surface area contributed by atoms with Crippen LogP contribution < -0.4 is 4.74 Å². The second-order valence-corrected chi connectivity index (χ2v) is 12.9. The Morgan fingerprint density at radius 3 is 2.55 bits per heavy atom. The van der Waals surface area contributed by atoms with E-state index < -0.39 is 0 Å². The highest BCUT2D eigenvalue weighted by molar-refractivity contribution is 6.05. The number of fused-ring (bicyclic) bond motifs is 3. The van der Waals surface area contributed by atoms with Crippen LogP contribution in [-0.4, -0.2) is 77.9 Å². The Hall–Kier alpha value is -4.18. The smallest absolute Gasteiger partial charge is 0.355 e. The first-order valence-corrected chi connectivity index (χ1v) is 18.1. The lowest BCUT2D eigenvalue weighted by Crippen LogP contribution is -2.38. The zero-order chi connectivity index (χ0) is 33.6. The molecule has 2 aliphatic rings. The van der Waals surface area contributed by atoms with Gasteiger partial charge >= 0.3 is 5.97 Å². The molecule has 1 fully saturated rings. The van der Waals surface area contributed by atoms with Crippen LogP contribution in [0.3, 0.4) is 0 Å². The van der Waals surface area contributed by atoms with Gasteiger partial charge in [0.1, 0.15) is 11.4 Å². The number of hydrogen-bond donors (Lipinski definition) is 0. The molecule has 0 spiro atoms. The number of rotatable bonds is 11. The summed E-state index contributed by atoms with van der Waals surface area (Å²) in [5.41, 5.74) is 7.19. The van der Waals surface area contributed by atoms with Crippen molar-refractivity contribution in [2.24, 2.45) is 0 Å². The molecule has 0 atom stereocenters. The first-order chi connectivity index (χ1) is 24.2. The van der Waals surface area contributed by atoms with Crippen molar-refractivity contribution in [3.8, 4) is 16.9 Å². The van der Waals surface area contributed by atoms with Crippen LogP contribution in [0.4, 0.5) is 0 Å². The van der Waals surface area contributed by atoms with E-state index in [-0.39, 0.29) is 5.97 Å². The Morgan fingerprint density at radius 1 is 0.878 bits per heavy atom. The minimum atomic E-state index is -0.266. The van der Waals surface area contributed by atoms with Gasteiger partial charge in [0.15, 0.2) is 0 Å². The predicted octanol–water partition coefficient (Wildman–Crippen LogP) is 7.05. The third-order valence-corrected chi connectivity index (χ3v) is 9.86. The molecule has 0 bridgehead atoms. The van der Waals surface area contributed by atoms with Crippen molar-refractivity contribution in [2.75, 3.05) is 52.7 Å². The van der Waals surface area contributed by atoms with E-state index in [0.717, 1.165) is 121 Å². The minimum absolute atomic E-state index is 0.266. The standard InChI is InChI=1S/C40H48N4O5/c1-3-34-37-33-16-10-15-31-32(17-11-25-49-36-18-9-13-29-12-5-6-14-30(29)36)39(40(45)48-4-2)43(38(31)33)19-7-8-24-47-28-35(37)44(41-34)21-20-42-22-26-46-27-23-42/h5-6,9-10,12-16,18H,3-4,7-8,11,17,19-28H2,1-2H3. The summed E-state index contributed by atoms with van der Waals surface area (Å²) in [6.07, 6.45) is 4.05. The second-order valence-electron chi connectivity index (χ2n) is 12.9. The average molecular weight is 665 g/mol. The van der Waals surface area contributed by atoms with Crippen molar-refractivity contribution >= 4 is 27.6 Å². The van der Waals surface area contributed by atoms with Crippen LogP contribution >= 0.6 is 0 Å². The highest BCUT2D eigenvalue weighted by Gasteiger charge is 2.29. The zero-order valence-electron chi connectivity index (χ0n) is 28.9. The molecule has 9 nitrogen and oxygen atoms in total. The summed E-state index contributed by atoms with van der Waals surface area (Å²) < 4.78 is 28.4.